The number of ether oxygens (including phenoxy) is 1. The van der Waals surface area contributed by atoms with E-state index in [1.165, 1.54) is 39.1 Å². The zero-order valence-corrected chi connectivity index (χ0v) is 13.8. The zero-order chi connectivity index (χ0) is 15.1. The molecular formula is C18H30N2O. The van der Waals surface area contributed by atoms with E-state index in [4.69, 9.17) is 4.74 Å². The predicted octanol–water partition coefficient (Wildman–Crippen LogP) is 3.12. The van der Waals surface area contributed by atoms with Crippen LogP contribution in [0.4, 0.5) is 0 Å². The van der Waals surface area contributed by atoms with Crippen molar-refractivity contribution >= 4 is 0 Å². The zero-order valence-electron chi connectivity index (χ0n) is 13.8. The van der Waals surface area contributed by atoms with E-state index in [1.54, 1.807) is 0 Å². The first-order valence-corrected chi connectivity index (χ1v) is 8.15. The van der Waals surface area contributed by atoms with Gasteiger partial charge in [-0.2, -0.15) is 0 Å². The van der Waals surface area contributed by atoms with E-state index in [-0.39, 0.29) is 0 Å². The minimum Gasteiger partial charge on any atom is -0.492 e. The maximum absolute atomic E-state index is 5.77. The van der Waals surface area contributed by atoms with Crippen molar-refractivity contribution in [1.82, 2.24) is 9.80 Å². The third kappa shape index (κ3) is 6.49. The second kappa shape index (κ2) is 7.81. The van der Waals surface area contributed by atoms with Crippen molar-refractivity contribution in [2.24, 2.45) is 5.41 Å². The van der Waals surface area contributed by atoms with Crippen LogP contribution in [0.1, 0.15) is 27.2 Å². The van der Waals surface area contributed by atoms with Gasteiger partial charge >= 0.3 is 0 Å². The molecule has 0 aliphatic carbocycles. The summed E-state index contributed by atoms with van der Waals surface area (Å²) in [5.74, 6) is 0.973. The average Bonchev–Trinajstić information content (AvgIpc) is 2.47. The van der Waals surface area contributed by atoms with Gasteiger partial charge in [-0.05, 0) is 30.5 Å². The molecule has 0 spiro atoms. The lowest BCUT2D eigenvalue weighted by Gasteiger charge is -2.35. The molecule has 1 heterocycles. The minimum absolute atomic E-state index is 0.445. The summed E-state index contributed by atoms with van der Waals surface area (Å²) in [6.07, 6.45) is 1.28. The SMILES string of the molecule is CC(C)(C)CCN1CCN(CCOc2ccccc2)CC1. The molecule has 0 N–H and O–H groups in total. The Morgan fingerprint density at radius 2 is 1.48 bits per heavy atom. The standard InChI is InChI=1S/C18H30N2O/c1-18(2,3)9-10-19-11-13-20(14-12-19)15-16-21-17-7-5-4-6-8-17/h4-8H,9-16H2,1-3H3. The Kier molecular flexibility index (Phi) is 6.07. The lowest BCUT2D eigenvalue weighted by Crippen LogP contribution is -2.48. The van der Waals surface area contributed by atoms with E-state index >= 15 is 0 Å². The quantitative estimate of drug-likeness (QED) is 0.800. The largest absolute Gasteiger partial charge is 0.492 e. The Hall–Kier alpha value is -1.06. The molecule has 0 radical (unpaired) electrons. The van der Waals surface area contributed by atoms with Crippen LogP contribution in [0.3, 0.4) is 0 Å². The van der Waals surface area contributed by atoms with Gasteiger partial charge in [0.15, 0.2) is 0 Å². The molecule has 3 nitrogen and oxygen atoms in total. The van der Waals surface area contributed by atoms with Gasteiger partial charge in [-0.25, -0.2) is 0 Å². The summed E-state index contributed by atoms with van der Waals surface area (Å²) in [6.45, 7) is 14.7. The number of hydrogen-bond donors (Lipinski definition) is 0. The maximum Gasteiger partial charge on any atom is 0.119 e. The lowest BCUT2D eigenvalue weighted by molar-refractivity contribution is 0.108. The second-order valence-electron chi connectivity index (χ2n) is 7.16. The van der Waals surface area contributed by atoms with E-state index in [0.29, 0.717) is 5.41 Å². The van der Waals surface area contributed by atoms with E-state index in [1.807, 2.05) is 30.3 Å². The highest BCUT2D eigenvalue weighted by atomic mass is 16.5. The molecule has 2 rings (SSSR count). The molecule has 118 valence electrons. The van der Waals surface area contributed by atoms with Gasteiger partial charge in [0.25, 0.3) is 0 Å². The fraction of sp³-hybridized carbons (Fsp3) is 0.667. The molecule has 0 atom stereocenters. The van der Waals surface area contributed by atoms with Gasteiger partial charge in [-0.15, -0.1) is 0 Å². The highest BCUT2D eigenvalue weighted by Crippen LogP contribution is 2.19. The van der Waals surface area contributed by atoms with Crippen LogP contribution in [-0.2, 0) is 0 Å². The van der Waals surface area contributed by atoms with Crippen molar-refractivity contribution in [2.45, 2.75) is 27.2 Å². The first kappa shape index (κ1) is 16.3. The van der Waals surface area contributed by atoms with Crippen molar-refractivity contribution in [3.8, 4) is 5.75 Å². The summed E-state index contributed by atoms with van der Waals surface area (Å²) in [6, 6.07) is 10.1. The molecule has 0 saturated carbocycles. The molecule has 1 aliphatic rings. The molecule has 1 saturated heterocycles. The monoisotopic (exact) mass is 290 g/mol. The Balaban J connectivity index is 1.59. The summed E-state index contributed by atoms with van der Waals surface area (Å²) in [7, 11) is 0. The Bertz CT molecular complexity index is 391. The van der Waals surface area contributed by atoms with Gasteiger partial charge < -0.3 is 9.64 Å². The number of rotatable bonds is 6. The molecule has 0 bridgehead atoms. The van der Waals surface area contributed by atoms with Crippen molar-refractivity contribution < 1.29 is 4.74 Å². The molecule has 1 fully saturated rings. The Labute approximate surface area is 129 Å². The highest BCUT2D eigenvalue weighted by molar-refractivity contribution is 5.20. The van der Waals surface area contributed by atoms with Crippen molar-refractivity contribution in [3.05, 3.63) is 30.3 Å². The number of hydrogen-bond acceptors (Lipinski definition) is 3. The summed E-state index contributed by atoms with van der Waals surface area (Å²) >= 11 is 0. The summed E-state index contributed by atoms with van der Waals surface area (Å²) in [4.78, 5) is 5.11. The van der Waals surface area contributed by atoms with E-state index < -0.39 is 0 Å². The molecule has 1 aromatic rings. The normalized spacial score (nSPS) is 17.9. The Morgan fingerprint density at radius 1 is 0.905 bits per heavy atom. The van der Waals surface area contributed by atoms with Gasteiger partial charge in [0.05, 0.1) is 0 Å². The van der Waals surface area contributed by atoms with Crippen LogP contribution in [-0.4, -0.2) is 55.7 Å². The van der Waals surface area contributed by atoms with E-state index in [2.05, 4.69) is 30.6 Å². The van der Waals surface area contributed by atoms with Gasteiger partial charge in [-0.1, -0.05) is 39.0 Å². The van der Waals surface area contributed by atoms with Crippen LogP contribution in [0.15, 0.2) is 30.3 Å². The molecule has 1 aromatic carbocycles. The van der Waals surface area contributed by atoms with Gasteiger partial charge in [0.1, 0.15) is 12.4 Å². The molecule has 1 aliphatic heterocycles. The first-order chi connectivity index (χ1) is 10.0. The molecule has 21 heavy (non-hydrogen) atoms. The van der Waals surface area contributed by atoms with Gasteiger partial charge in [-0.3, -0.25) is 4.90 Å². The smallest absolute Gasteiger partial charge is 0.119 e. The number of benzene rings is 1. The first-order valence-electron chi connectivity index (χ1n) is 8.15. The van der Waals surface area contributed by atoms with E-state index in [9.17, 15) is 0 Å². The number of piperazine rings is 1. The predicted molar refractivity (Wildman–Crippen MR) is 88.9 cm³/mol. The van der Waals surface area contributed by atoms with Crippen molar-refractivity contribution in [2.75, 3.05) is 45.9 Å². The summed E-state index contributed by atoms with van der Waals surface area (Å²) in [5.41, 5.74) is 0.445. The van der Waals surface area contributed by atoms with Crippen LogP contribution in [0, 0.1) is 5.41 Å². The van der Waals surface area contributed by atoms with Crippen LogP contribution in [0.2, 0.25) is 0 Å². The van der Waals surface area contributed by atoms with Gasteiger partial charge in [0.2, 0.25) is 0 Å². The van der Waals surface area contributed by atoms with Crippen LogP contribution in [0.25, 0.3) is 0 Å². The molecule has 0 amide bonds. The molecule has 0 unspecified atom stereocenters. The summed E-state index contributed by atoms with van der Waals surface area (Å²) in [5, 5.41) is 0. The molecular weight excluding hydrogens is 260 g/mol. The van der Waals surface area contributed by atoms with Crippen molar-refractivity contribution in [3.63, 3.8) is 0 Å². The van der Waals surface area contributed by atoms with E-state index in [0.717, 1.165) is 18.9 Å². The van der Waals surface area contributed by atoms with Crippen LogP contribution >= 0.6 is 0 Å². The van der Waals surface area contributed by atoms with Crippen LogP contribution < -0.4 is 4.74 Å². The fourth-order valence-electron chi connectivity index (χ4n) is 2.54. The van der Waals surface area contributed by atoms with Gasteiger partial charge in [0, 0.05) is 32.7 Å². The number of para-hydroxylation sites is 1. The number of nitrogens with zero attached hydrogens (tertiary/aromatic N) is 2. The third-order valence-corrected chi connectivity index (χ3v) is 4.06. The third-order valence-electron chi connectivity index (χ3n) is 4.06. The topological polar surface area (TPSA) is 15.7 Å². The van der Waals surface area contributed by atoms with Crippen molar-refractivity contribution in [1.29, 1.82) is 0 Å². The second-order valence-corrected chi connectivity index (χ2v) is 7.16. The molecule has 0 aromatic heterocycles. The van der Waals surface area contributed by atoms with Crippen LogP contribution in [0.5, 0.6) is 5.75 Å². The maximum atomic E-state index is 5.77. The lowest BCUT2D eigenvalue weighted by atomic mass is 9.92. The summed E-state index contributed by atoms with van der Waals surface area (Å²) < 4.78 is 5.77. The fourth-order valence-corrected chi connectivity index (χ4v) is 2.54. The average molecular weight is 290 g/mol. The minimum atomic E-state index is 0.445. The molecule has 3 heteroatoms. The highest BCUT2D eigenvalue weighted by Gasteiger charge is 2.18. The Morgan fingerprint density at radius 3 is 2.05 bits per heavy atom.